The summed E-state index contributed by atoms with van der Waals surface area (Å²) in [6, 6.07) is -3.13. The summed E-state index contributed by atoms with van der Waals surface area (Å²) in [5.74, 6) is -1.02. The van der Waals surface area contributed by atoms with Crippen molar-refractivity contribution in [3.8, 4) is 5.75 Å². The van der Waals surface area contributed by atoms with Crippen LogP contribution in [-0.2, 0) is 13.0 Å². The van der Waals surface area contributed by atoms with Gasteiger partial charge in [-0.25, -0.2) is 9.18 Å². The van der Waals surface area contributed by atoms with E-state index in [-0.39, 0.29) is 21.3 Å². The predicted octanol–water partition coefficient (Wildman–Crippen LogP) is 4.67. The molecule has 1 N–H and O–H groups in total. The molecule has 0 saturated carbocycles. The van der Waals surface area contributed by atoms with Crippen LogP contribution in [0.15, 0.2) is 48.4 Å². The fourth-order valence-electron chi connectivity index (χ4n) is 2.57. The molecule has 0 spiro atoms. The van der Waals surface area contributed by atoms with Gasteiger partial charge in [0.15, 0.2) is 0 Å². The van der Waals surface area contributed by atoms with Gasteiger partial charge in [-0.3, -0.25) is 0 Å². The summed E-state index contributed by atoms with van der Waals surface area (Å²) in [4.78, 5) is 14.0. The molecule has 0 radical (unpaired) electrons. The van der Waals surface area contributed by atoms with Gasteiger partial charge in [-0.15, -0.1) is 0 Å². The Bertz CT molecular complexity index is 1400. The van der Waals surface area contributed by atoms with Crippen molar-refractivity contribution in [3.05, 3.63) is 65.4 Å². The third-order valence-electron chi connectivity index (χ3n) is 4.13. The molecule has 5 nitrogen and oxygen atoms in total. The number of nitrogens with one attached hydrogen (secondary N) is 1. The largest absolute Gasteiger partial charge is 0.493 e. The van der Waals surface area contributed by atoms with Gasteiger partial charge in [-0.05, 0) is 74.1 Å². The zero-order valence-electron chi connectivity index (χ0n) is 32.2. The SMILES string of the molecule is [2H]c1c([2H])c(C([2H])([2H])N(C(=O)NC([2H])([2H])c2ccc(OCC(C)C)cc2)C2CC([2H])([2H])N(C([2H])([2H])[2H])C([2H])([2H])C2)c([2H])c([2H])c1F. The fraction of sp³-hybridized carbons (Fsp3) is 0.480. The molecule has 1 fully saturated rings. The van der Waals surface area contributed by atoms with Gasteiger partial charge in [0.2, 0.25) is 0 Å². The molecule has 1 saturated heterocycles. The second kappa shape index (κ2) is 11.1. The maximum Gasteiger partial charge on any atom is 0.318 e. The molecule has 2 amide bonds. The first-order chi connectivity index (χ1) is 20.8. The summed E-state index contributed by atoms with van der Waals surface area (Å²) in [6.45, 7) is -11.4. The number of carbonyl (C=O) groups excluding carboxylic acids is 1. The second-order valence-electron chi connectivity index (χ2n) is 7.17. The minimum Gasteiger partial charge on any atom is -0.493 e. The molecule has 1 aliphatic heterocycles. The average Bonchev–Trinajstić information content (AvgIpc) is 2.87. The molecular formula is C25H34FN3O2. The van der Waals surface area contributed by atoms with E-state index in [2.05, 4.69) is 0 Å². The number of urea groups is 1. The lowest BCUT2D eigenvalue weighted by Gasteiger charge is -2.37. The van der Waals surface area contributed by atoms with E-state index in [0.29, 0.717) is 12.4 Å². The number of likely N-dealkylation sites (tertiary alicyclic amines) is 1. The Morgan fingerprint density at radius 1 is 1.29 bits per heavy atom. The first kappa shape index (κ1) is 10.3. The summed E-state index contributed by atoms with van der Waals surface area (Å²) < 4.78 is 143. The van der Waals surface area contributed by atoms with Crippen LogP contribution in [0.25, 0.3) is 0 Å². The van der Waals surface area contributed by atoms with Crippen LogP contribution in [0.4, 0.5) is 9.18 Å². The number of amides is 2. The summed E-state index contributed by atoms with van der Waals surface area (Å²) in [7, 11) is 0. The van der Waals surface area contributed by atoms with Crippen LogP contribution in [0.3, 0.4) is 0 Å². The molecule has 0 atom stereocenters. The van der Waals surface area contributed by atoms with Crippen LogP contribution in [0.2, 0.25) is 0 Å². The van der Waals surface area contributed by atoms with Gasteiger partial charge in [0.05, 0.1) is 17.6 Å². The Kier molecular flexibility index (Phi) is 3.72. The number of carbonyl (C=O) groups is 1. The van der Waals surface area contributed by atoms with Crippen LogP contribution in [-0.4, -0.2) is 48.4 Å². The maximum absolute atomic E-state index is 14.4. The Morgan fingerprint density at radius 2 is 1.97 bits per heavy atom. The van der Waals surface area contributed by atoms with Crippen molar-refractivity contribution in [1.82, 2.24) is 15.1 Å². The molecule has 0 aliphatic carbocycles. The molecule has 6 heteroatoms. The molecule has 0 bridgehead atoms. The monoisotopic (exact) mass is 442 g/mol. The zero-order valence-corrected chi connectivity index (χ0v) is 17.2. The number of piperidine rings is 1. The van der Waals surface area contributed by atoms with E-state index in [0.717, 1.165) is 0 Å². The van der Waals surface area contributed by atoms with E-state index in [1.165, 1.54) is 24.3 Å². The molecular weight excluding hydrogens is 393 g/mol. The summed E-state index contributed by atoms with van der Waals surface area (Å²) in [5, 5.41) is 1.97. The van der Waals surface area contributed by atoms with Crippen molar-refractivity contribution in [2.75, 3.05) is 26.6 Å². The fourth-order valence-corrected chi connectivity index (χ4v) is 2.57. The van der Waals surface area contributed by atoms with Crippen molar-refractivity contribution < 1.29 is 34.5 Å². The lowest BCUT2D eigenvalue weighted by Crippen LogP contribution is -2.49. The standard InChI is InChI=1S/C25H34FN3O2/c1-19(2)18-31-24-10-6-20(7-11-24)16-27-25(30)29(23-12-14-28(3)15-13-23)17-21-4-8-22(26)9-5-21/h4-11,19,23H,12-18H2,1-3H3,(H,27,30)/i3D3,4D,5D,8D,9D,14D2,15D2,16D2,17D2. The van der Waals surface area contributed by atoms with E-state index in [1.54, 1.807) is 0 Å². The zero-order chi connectivity index (χ0) is 35.4. The summed E-state index contributed by atoms with van der Waals surface area (Å²) in [5.41, 5.74) is -1.31. The van der Waals surface area contributed by atoms with E-state index >= 15 is 0 Å². The van der Waals surface area contributed by atoms with Gasteiger partial charge in [0, 0.05) is 28.6 Å². The quantitative estimate of drug-likeness (QED) is 0.646. The van der Waals surface area contributed by atoms with E-state index in [4.69, 9.17) is 25.3 Å². The topological polar surface area (TPSA) is 44.8 Å². The first-order valence-corrected chi connectivity index (χ1v) is 9.67. The first-order valence-electron chi connectivity index (χ1n) is 17.2. The number of rotatable bonds is 8. The highest BCUT2D eigenvalue weighted by molar-refractivity contribution is 5.74. The van der Waals surface area contributed by atoms with Gasteiger partial charge in [0.1, 0.15) is 11.6 Å². The van der Waals surface area contributed by atoms with Gasteiger partial charge in [0.25, 0.3) is 0 Å². The van der Waals surface area contributed by atoms with E-state index < -0.39 is 93.4 Å². The van der Waals surface area contributed by atoms with Crippen LogP contribution < -0.4 is 10.1 Å². The highest BCUT2D eigenvalue weighted by Gasteiger charge is 2.27. The van der Waals surface area contributed by atoms with Crippen molar-refractivity contribution in [2.45, 2.75) is 45.7 Å². The van der Waals surface area contributed by atoms with Crippen molar-refractivity contribution in [3.63, 3.8) is 0 Å². The van der Waals surface area contributed by atoms with Gasteiger partial charge < -0.3 is 19.9 Å². The molecule has 1 aliphatic rings. The van der Waals surface area contributed by atoms with Crippen LogP contribution in [0.1, 0.15) is 58.4 Å². The number of halogens is 1. The maximum atomic E-state index is 14.4. The summed E-state index contributed by atoms with van der Waals surface area (Å²) >= 11 is 0. The molecule has 0 unspecified atom stereocenters. The lowest BCUT2D eigenvalue weighted by atomic mass is 10.0. The molecule has 0 aromatic heterocycles. The molecule has 2 aromatic rings. The Morgan fingerprint density at radius 3 is 2.58 bits per heavy atom. The Balaban J connectivity index is 2.15. The number of ether oxygens (including phenoxy) is 1. The summed E-state index contributed by atoms with van der Waals surface area (Å²) in [6.07, 6.45) is -2.07. The van der Waals surface area contributed by atoms with Crippen LogP contribution in [0, 0.1) is 11.7 Å². The van der Waals surface area contributed by atoms with Gasteiger partial charge >= 0.3 is 6.03 Å². The van der Waals surface area contributed by atoms with E-state index in [9.17, 15) is 9.18 Å². The molecule has 168 valence electrons. The van der Waals surface area contributed by atoms with Crippen LogP contribution >= 0.6 is 0 Å². The Hall–Kier alpha value is -2.60. The lowest BCUT2D eigenvalue weighted by molar-refractivity contribution is 0.127. The molecule has 1 heterocycles. The smallest absolute Gasteiger partial charge is 0.318 e. The Labute approximate surface area is 206 Å². The highest BCUT2D eigenvalue weighted by Crippen LogP contribution is 2.19. The number of benzene rings is 2. The van der Waals surface area contributed by atoms with Crippen molar-refractivity contribution in [1.29, 1.82) is 0 Å². The predicted molar refractivity (Wildman–Crippen MR) is 121 cm³/mol. The number of hydrogen-bond acceptors (Lipinski definition) is 3. The van der Waals surface area contributed by atoms with Gasteiger partial charge in [-0.2, -0.15) is 0 Å². The van der Waals surface area contributed by atoms with Crippen molar-refractivity contribution in [2.24, 2.45) is 5.92 Å². The minimum atomic E-state index is -3.48. The molecule has 3 rings (SSSR count). The van der Waals surface area contributed by atoms with E-state index in [1.807, 2.05) is 19.2 Å². The average molecular weight is 443 g/mol. The normalized spacial score (nSPS) is 26.8. The minimum absolute atomic E-state index is 0.0368. The third kappa shape index (κ3) is 7.24. The third-order valence-corrected chi connectivity index (χ3v) is 4.13. The van der Waals surface area contributed by atoms with Crippen molar-refractivity contribution >= 4 is 6.03 Å². The molecule has 2 aromatic carbocycles. The number of hydrogen-bond donors (Lipinski definition) is 1. The van der Waals surface area contributed by atoms with Gasteiger partial charge in [-0.1, -0.05) is 38.1 Å². The highest BCUT2D eigenvalue weighted by atomic mass is 19.1. The second-order valence-corrected chi connectivity index (χ2v) is 7.17. The van der Waals surface area contributed by atoms with Crippen LogP contribution in [0.5, 0.6) is 5.75 Å². The number of nitrogens with zero attached hydrogens (tertiary/aromatic N) is 2. The molecule has 31 heavy (non-hydrogen) atoms.